The van der Waals surface area contributed by atoms with Gasteiger partial charge < -0.3 is 19.2 Å². The van der Waals surface area contributed by atoms with E-state index in [1.807, 2.05) is 0 Å². The molecule has 0 aliphatic carbocycles. The lowest BCUT2D eigenvalue weighted by atomic mass is 10.1. The van der Waals surface area contributed by atoms with Crippen LogP contribution in [-0.4, -0.2) is 32.1 Å². The van der Waals surface area contributed by atoms with Gasteiger partial charge in [0.15, 0.2) is 0 Å². The minimum atomic E-state index is -0.648. The Kier molecular flexibility index (Phi) is 5.76. The van der Waals surface area contributed by atoms with Crippen molar-refractivity contribution in [2.24, 2.45) is 0 Å². The Bertz CT molecular complexity index is 845. The van der Waals surface area contributed by atoms with Gasteiger partial charge in [-0.3, -0.25) is 4.79 Å². The first-order valence-corrected chi connectivity index (χ1v) is 8.04. The average molecular weight is 363 g/mol. The Labute approximate surface area is 148 Å². The summed E-state index contributed by atoms with van der Waals surface area (Å²) in [5, 5.41) is 2.80. The van der Waals surface area contributed by atoms with E-state index in [4.69, 9.17) is 13.9 Å². The number of furan rings is 1. The number of nitrogens with one attached hydrogen (secondary N) is 1. The van der Waals surface area contributed by atoms with Crippen LogP contribution in [0.4, 0.5) is 5.00 Å². The van der Waals surface area contributed by atoms with Gasteiger partial charge in [0, 0.05) is 6.08 Å². The molecule has 132 valence electrons. The van der Waals surface area contributed by atoms with Gasteiger partial charge in [-0.05, 0) is 37.6 Å². The zero-order chi connectivity index (χ0) is 18.6. The van der Waals surface area contributed by atoms with Crippen molar-refractivity contribution in [1.82, 2.24) is 0 Å². The fourth-order valence-corrected chi connectivity index (χ4v) is 3.21. The molecule has 0 fully saturated rings. The number of carbonyl (C=O) groups excluding carboxylic acids is 3. The highest BCUT2D eigenvalue weighted by Gasteiger charge is 2.26. The fraction of sp³-hybridized carbons (Fsp3) is 0.235. The maximum absolute atomic E-state index is 12.1. The summed E-state index contributed by atoms with van der Waals surface area (Å²) in [6.45, 7) is 3.38. The molecule has 25 heavy (non-hydrogen) atoms. The van der Waals surface area contributed by atoms with E-state index >= 15 is 0 Å². The number of aryl methyl sites for hydroxylation is 1. The second-order valence-electron chi connectivity index (χ2n) is 5.01. The Morgan fingerprint density at radius 2 is 1.80 bits per heavy atom. The first-order chi connectivity index (χ1) is 11.9. The number of anilines is 1. The SMILES string of the molecule is COC(=O)c1sc(NC(=O)C=Cc2ccc(C)o2)c(C(=O)OC)c1C. The van der Waals surface area contributed by atoms with Gasteiger partial charge in [-0.1, -0.05) is 0 Å². The van der Waals surface area contributed by atoms with Crippen molar-refractivity contribution < 1.29 is 28.3 Å². The molecule has 0 aliphatic heterocycles. The van der Waals surface area contributed by atoms with Gasteiger partial charge in [0.05, 0.1) is 19.8 Å². The van der Waals surface area contributed by atoms with Gasteiger partial charge in [-0.15, -0.1) is 11.3 Å². The fourth-order valence-electron chi connectivity index (χ4n) is 2.09. The highest BCUT2D eigenvalue weighted by molar-refractivity contribution is 7.18. The number of amides is 1. The van der Waals surface area contributed by atoms with Crippen LogP contribution in [0.5, 0.6) is 0 Å². The molecule has 0 bridgehead atoms. The van der Waals surface area contributed by atoms with Crippen LogP contribution >= 0.6 is 11.3 Å². The molecule has 0 aromatic carbocycles. The third-order valence-corrected chi connectivity index (χ3v) is 4.49. The Balaban J connectivity index is 2.28. The zero-order valence-corrected chi connectivity index (χ0v) is 15.0. The molecule has 2 aromatic heterocycles. The summed E-state index contributed by atoms with van der Waals surface area (Å²) in [6.07, 6.45) is 2.77. The molecular weight excluding hydrogens is 346 g/mol. The standard InChI is InChI=1S/C17H17NO6S/c1-9-5-6-11(24-9)7-8-12(19)18-15-13(16(20)22-3)10(2)14(25-15)17(21)23-4/h5-8H,1-4H3,(H,18,19). The van der Waals surface area contributed by atoms with E-state index in [2.05, 4.69) is 5.32 Å². The molecule has 0 saturated carbocycles. The molecule has 7 nitrogen and oxygen atoms in total. The van der Waals surface area contributed by atoms with Crippen LogP contribution in [-0.2, 0) is 14.3 Å². The van der Waals surface area contributed by atoms with Crippen LogP contribution in [0.1, 0.15) is 37.1 Å². The summed E-state index contributed by atoms with van der Waals surface area (Å²) in [4.78, 5) is 36.1. The number of hydrogen-bond donors (Lipinski definition) is 1. The van der Waals surface area contributed by atoms with Crippen molar-refractivity contribution in [2.75, 3.05) is 19.5 Å². The van der Waals surface area contributed by atoms with Crippen molar-refractivity contribution in [1.29, 1.82) is 0 Å². The summed E-state index contributed by atoms with van der Waals surface area (Å²) in [5.41, 5.74) is 0.521. The van der Waals surface area contributed by atoms with Gasteiger partial charge in [0.25, 0.3) is 0 Å². The largest absolute Gasteiger partial charge is 0.465 e. The highest BCUT2D eigenvalue weighted by atomic mass is 32.1. The molecule has 1 amide bonds. The average Bonchev–Trinajstić information content (AvgIpc) is 3.15. The first-order valence-electron chi connectivity index (χ1n) is 7.22. The lowest BCUT2D eigenvalue weighted by Crippen LogP contribution is -2.11. The Morgan fingerprint density at radius 1 is 1.12 bits per heavy atom. The van der Waals surface area contributed by atoms with E-state index in [0.29, 0.717) is 11.3 Å². The van der Waals surface area contributed by atoms with Gasteiger partial charge >= 0.3 is 11.9 Å². The van der Waals surface area contributed by atoms with Crippen LogP contribution in [0, 0.1) is 13.8 Å². The van der Waals surface area contributed by atoms with E-state index in [1.54, 1.807) is 26.0 Å². The minimum Gasteiger partial charge on any atom is -0.465 e. The van der Waals surface area contributed by atoms with E-state index in [-0.39, 0.29) is 15.4 Å². The van der Waals surface area contributed by atoms with E-state index in [9.17, 15) is 14.4 Å². The van der Waals surface area contributed by atoms with E-state index in [1.165, 1.54) is 26.4 Å². The van der Waals surface area contributed by atoms with Crippen LogP contribution in [0.25, 0.3) is 6.08 Å². The van der Waals surface area contributed by atoms with E-state index < -0.39 is 17.8 Å². The summed E-state index contributed by atoms with van der Waals surface area (Å²) >= 11 is 0.952. The third kappa shape index (κ3) is 4.16. The molecule has 2 heterocycles. The number of ether oxygens (including phenoxy) is 2. The molecule has 0 spiro atoms. The molecule has 1 N–H and O–H groups in total. The van der Waals surface area contributed by atoms with Crippen LogP contribution < -0.4 is 5.32 Å². The van der Waals surface area contributed by atoms with Gasteiger partial charge in [-0.2, -0.15) is 0 Å². The highest BCUT2D eigenvalue weighted by Crippen LogP contribution is 2.34. The summed E-state index contributed by atoms with van der Waals surface area (Å²) in [6, 6.07) is 3.50. The predicted octanol–water partition coefficient (Wildman–Crippen LogP) is 3.18. The number of carbonyl (C=O) groups is 3. The summed E-state index contributed by atoms with van der Waals surface area (Å²) in [7, 11) is 2.47. The maximum atomic E-state index is 12.1. The van der Waals surface area contributed by atoms with Gasteiger partial charge in [0.2, 0.25) is 5.91 Å². The minimum absolute atomic E-state index is 0.128. The summed E-state index contributed by atoms with van der Waals surface area (Å²) in [5.74, 6) is -0.459. The van der Waals surface area contributed by atoms with Gasteiger partial charge in [0.1, 0.15) is 21.4 Å². The Hall–Kier alpha value is -2.87. The second kappa shape index (κ2) is 7.80. The Morgan fingerprint density at radius 3 is 2.36 bits per heavy atom. The quantitative estimate of drug-likeness (QED) is 0.647. The molecule has 2 rings (SSSR count). The lowest BCUT2D eigenvalue weighted by molar-refractivity contribution is -0.111. The molecule has 0 atom stereocenters. The van der Waals surface area contributed by atoms with Crippen LogP contribution in [0.15, 0.2) is 22.6 Å². The monoisotopic (exact) mass is 363 g/mol. The smallest absolute Gasteiger partial charge is 0.348 e. The number of hydrogen-bond acceptors (Lipinski definition) is 7. The topological polar surface area (TPSA) is 94.8 Å². The molecule has 0 unspecified atom stereocenters. The van der Waals surface area contributed by atoms with Crippen molar-refractivity contribution in [2.45, 2.75) is 13.8 Å². The van der Waals surface area contributed by atoms with Crippen molar-refractivity contribution in [3.63, 3.8) is 0 Å². The number of thiophene rings is 1. The second-order valence-corrected chi connectivity index (χ2v) is 6.04. The van der Waals surface area contributed by atoms with Gasteiger partial charge in [-0.25, -0.2) is 9.59 Å². The van der Waals surface area contributed by atoms with Crippen LogP contribution in [0.3, 0.4) is 0 Å². The van der Waals surface area contributed by atoms with Crippen LogP contribution in [0.2, 0.25) is 0 Å². The molecule has 8 heteroatoms. The van der Waals surface area contributed by atoms with Crippen molar-refractivity contribution in [3.8, 4) is 0 Å². The summed E-state index contributed by atoms with van der Waals surface area (Å²) < 4.78 is 14.8. The normalized spacial score (nSPS) is 10.7. The predicted molar refractivity (Wildman–Crippen MR) is 92.8 cm³/mol. The number of esters is 2. The zero-order valence-electron chi connectivity index (χ0n) is 14.2. The number of methoxy groups -OCH3 is 2. The first kappa shape index (κ1) is 18.5. The molecule has 2 aromatic rings. The lowest BCUT2D eigenvalue weighted by Gasteiger charge is -2.03. The number of rotatable bonds is 5. The maximum Gasteiger partial charge on any atom is 0.348 e. The molecule has 0 aliphatic rings. The molecular formula is C17H17NO6S. The van der Waals surface area contributed by atoms with Crippen molar-refractivity contribution in [3.05, 3.63) is 45.7 Å². The third-order valence-electron chi connectivity index (χ3n) is 3.30. The molecule has 0 radical (unpaired) electrons. The van der Waals surface area contributed by atoms with E-state index in [0.717, 1.165) is 17.1 Å². The van der Waals surface area contributed by atoms with Crippen molar-refractivity contribution >= 4 is 40.3 Å². The molecule has 0 saturated heterocycles.